The maximum atomic E-state index is 12.4. The first kappa shape index (κ1) is 20.2. The molecule has 0 spiro atoms. The summed E-state index contributed by atoms with van der Waals surface area (Å²) < 4.78 is 12.3. The minimum absolute atomic E-state index is 0.287. The van der Waals surface area contributed by atoms with Crippen LogP contribution in [0.4, 0.5) is 16.3 Å². The molecule has 8 nitrogen and oxygen atoms in total. The van der Waals surface area contributed by atoms with Crippen LogP contribution in [0.5, 0.6) is 5.75 Å². The van der Waals surface area contributed by atoms with Crippen LogP contribution in [0.3, 0.4) is 0 Å². The van der Waals surface area contributed by atoms with Crippen LogP contribution in [0.15, 0.2) is 36.5 Å². The molecular weight excluding hydrogens is 358 g/mol. The summed E-state index contributed by atoms with van der Waals surface area (Å²) in [5.74, 6) is 1.32. The number of anilines is 2. The number of para-hydroxylation sites is 2. The van der Waals surface area contributed by atoms with E-state index >= 15 is 0 Å². The average Bonchev–Trinajstić information content (AvgIpc) is 3.17. The summed E-state index contributed by atoms with van der Waals surface area (Å²) in [6.07, 6.45) is 4.80. The lowest BCUT2D eigenvalue weighted by atomic mass is 10.1. The van der Waals surface area contributed by atoms with Crippen LogP contribution in [0.25, 0.3) is 0 Å². The number of ether oxygens (including phenoxy) is 2. The molecule has 0 radical (unpaired) electrons. The summed E-state index contributed by atoms with van der Waals surface area (Å²) in [5, 5.41) is 10.2. The zero-order chi connectivity index (χ0) is 19.8. The third kappa shape index (κ3) is 5.24. The monoisotopic (exact) mass is 387 g/mol. The Balaban J connectivity index is 1.55. The van der Waals surface area contributed by atoms with Crippen LogP contribution in [0, 0.1) is 0 Å². The van der Waals surface area contributed by atoms with E-state index in [1.165, 1.54) is 0 Å². The van der Waals surface area contributed by atoms with Crippen molar-refractivity contribution in [2.24, 2.45) is 0 Å². The van der Waals surface area contributed by atoms with Gasteiger partial charge in [0.1, 0.15) is 11.6 Å². The van der Waals surface area contributed by atoms with Crippen molar-refractivity contribution >= 4 is 17.5 Å². The normalized spacial score (nSPS) is 15.4. The van der Waals surface area contributed by atoms with Crippen LogP contribution in [-0.4, -0.2) is 61.2 Å². The fraction of sp³-hybridized carbons (Fsp3) is 0.500. The highest BCUT2D eigenvalue weighted by Crippen LogP contribution is 2.26. The first-order chi connectivity index (χ1) is 13.7. The number of piperidine rings is 1. The molecule has 1 saturated heterocycles. The highest BCUT2D eigenvalue weighted by molar-refractivity contribution is 6.00. The molecule has 1 fully saturated rings. The molecule has 1 aliphatic rings. The molecule has 2 amide bonds. The van der Waals surface area contributed by atoms with Crippen LogP contribution < -0.4 is 15.4 Å². The highest BCUT2D eigenvalue weighted by atomic mass is 16.5. The number of rotatable bonds is 8. The van der Waals surface area contributed by atoms with Crippen molar-refractivity contribution in [3.8, 4) is 5.75 Å². The summed E-state index contributed by atoms with van der Waals surface area (Å²) in [6, 6.07) is 9.11. The lowest BCUT2D eigenvalue weighted by Gasteiger charge is -2.32. The Labute approximate surface area is 165 Å². The number of carbonyl (C=O) groups is 1. The number of benzene rings is 1. The smallest absolute Gasteiger partial charge is 0.324 e. The molecule has 152 valence electrons. The molecule has 8 heteroatoms. The van der Waals surface area contributed by atoms with Gasteiger partial charge in [-0.2, -0.15) is 5.10 Å². The topological polar surface area (TPSA) is 80.7 Å². The lowest BCUT2D eigenvalue weighted by Crippen LogP contribution is -2.36. The van der Waals surface area contributed by atoms with Gasteiger partial charge in [0.2, 0.25) is 0 Å². The van der Waals surface area contributed by atoms with Gasteiger partial charge in [-0.15, -0.1) is 0 Å². The van der Waals surface area contributed by atoms with E-state index in [9.17, 15) is 4.79 Å². The SMILES string of the molecule is COCCCN1CCC(n2nccc2NC(=O)Nc2ccccc2OC)CC1. The van der Waals surface area contributed by atoms with Gasteiger partial charge in [-0.1, -0.05) is 12.1 Å². The number of hydrogen-bond donors (Lipinski definition) is 2. The molecule has 2 heterocycles. The van der Waals surface area contributed by atoms with Crippen molar-refractivity contribution < 1.29 is 14.3 Å². The molecular formula is C20H29N5O3. The van der Waals surface area contributed by atoms with Gasteiger partial charge < -0.3 is 19.7 Å². The number of likely N-dealkylation sites (tertiary alicyclic amines) is 1. The Hall–Kier alpha value is -2.58. The average molecular weight is 387 g/mol. The Kier molecular flexibility index (Phi) is 7.27. The van der Waals surface area contributed by atoms with Gasteiger partial charge in [-0.05, 0) is 31.4 Å². The minimum Gasteiger partial charge on any atom is -0.495 e. The van der Waals surface area contributed by atoms with E-state index in [0.717, 1.165) is 45.5 Å². The van der Waals surface area contributed by atoms with Crippen molar-refractivity contribution in [1.82, 2.24) is 14.7 Å². The van der Waals surface area contributed by atoms with E-state index in [1.54, 1.807) is 32.5 Å². The van der Waals surface area contributed by atoms with E-state index in [2.05, 4.69) is 20.6 Å². The molecule has 1 aromatic heterocycles. The molecule has 0 saturated carbocycles. The standard InChI is InChI=1S/C20H29N5O3/c1-27-15-5-12-24-13-9-16(10-14-24)25-19(8-11-21-25)23-20(26)22-17-6-3-4-7-18(17)28-2/h3-4,6-8,11,16H,5,9-10,12-15H2,1-2H3,(H2,22,23,26). The first-order valence-electron chi connectivity index (χ1n) is 9.67. The number of nitrogens with one attached hydrogen (secondary N) is 2. The largest absolute Gasteiger partial charge is 0.495 e. The van der Waals surface area contributed by atoms with Crippen LogP contribution >= 0.6 is 0 Å². The van der Waals surface area contributed by atoms with Gasteiger partial charge in [0.25, 0.3) is 0 Å². The number of methoxy groups -OCH3 is 2. The van der Waals surface area contributed by atoms with E-state index in [-0.39, 0.29) is 12.1 Å². The number of aromatic nitrogens is 2. The molecule has 0 atom stereocenters. The summed E-state index contributed by atoms with van der Waals surface area (Å²) in [5.41, 5.74) is 0.623. The van der Waals surface area contributed by atoms with Crippen molar-refractivity contribution in [3.05, 3.63) is 36.5 Å². The quantitative estimate of drug-likeness (QED) is 0.680. The van der Waals surface area contributed by atoms with Gasteiger partial charge in [0.05, 0.1) is 25.0 Å². The maximum absolute atomic E-state index is 12.4. The predicted molar refractivity (Wildman–Crippen MR) is 109 cm³/mol. The van der Waals surface area contributed by atoms with E-state index in [0.29, 0.717) is 17.3 Å². The third-order valence-corrected chi connectivity index (χ3v) is 4.99. The number of carbonyl (C=O) groups excluding carboxylic acids is 1. The lowest BCUT2D eigenvalue weighted by molar-refractivity contribution is 0.146. The van der Waals surface area contributed by atoms with E-state index < -0.39 is 0 Å². The summed E-state index contributed by atoms with van der Waals surface area (Å²) in [4.78, 5) is 14.9. The number of hydrogen-bond acceptors (Lipinski definition) is 5. The minimum atomic E-state index is -0.316. The Morgan fingerprint density at radius 1 is 1.18 bits per heavy atom. The van der Waals surface area contributed by atoms with Crippen LogP contribution in [-0.2, 0) is 4.74 Å². The van der Waals surface area contributed by atoms with Gasteiger partial charge in [-0.3, -0.25) is 5.32 Å². The summed E-state index contributed by atoms with van der Waals surface area (Å²) in [7, 11) is 3.32. The highest BCUT2D eigenvalue weighted by Gasteiger charge is 2.23. The van der Waals surface area contributed by atoms with Crippen molar-refractivity contribution in [2.45, 2.75) is 25.3 Å². The molecule has 28 heavy (non-hydrogen) atoms. The van der Waals surface area contributed by atoms with Crippen molar-refractivity contribution in [3.63, 3.8) is 0 Å². The second-order valence-corrected chi connectivity index (χ2v) is 6.86. The molecule has 1 aromatic carbocycles. The number of urea groups is 1. The van der Waals surface area contributed by atoms with Crippen LogP contribution in [0.1, 0.15) is 25.3 Å². The molecule has 2 N–H and O–H groups in total. The Bertz CT molecular complexity index is 756. The van der Waals surface area contributed by atoms with E-state index in [4.69, 9.17) is 9.47 Å². The van der Waals surface area contributed by atoms with Gasteiger partial charge >= 0.3 is 6.03 Å². The third-order valence-electron chi connectivity index (χ3n) is 4.99. The zero-order valence-electron chi connectivity index (χ0n) is 16.6. The summed E-state index contributed by atoms with van der Waals surface area (Å²) >= 11 is 0. The second kappa shape index (κ2) is 10.1. The Morgan fingerprint density at radius 2 is 1.96 bits per heavy atom. The second-order valence-electron chi connectivity index (χ2n) is 6.86. The molecule has 0 bridgehead atoms. The molecule has 3 rings (SSSR count). The summed E-state index contributed by atoms with van der Waals surface area (Å²) in [6.45, 7) is 3.92. The predicted octanol–water partition coefficient (Wildman–Crippen LogP) is 3.21. The number of amides is 2. The maximum Gasteiger partial charge on any atom is 0.324 e. The van der Waals surface area contributed by atoms with Crippen molar-refractivity contribution in [2.75, 3.05) is 51.1 Å². The fourth-order valence-electron chi connectivity index (χ4n) is 3.54. The molecule has 2 aromatic rings. The Morgan fingerprint density at radius 3 is 2.71 bits per heavy atom. The van der Waals surface area contributed by atoms with Crippen LogP contribution in [0.2, 0.25) is 0 Å². The molecule has 0 aliphatic carbocycles. The van der Waals surface area contributed by atoms with Gasteiger partial charge in [-0.25, -0.2) is 9.48 Å². The molecule has 0 unspecified atom stereocenters. The van der Waals surface area contributed by atoms with E-state index in [1.807, 2.05) is 22.9 Å². The molecule has 1 aliphatic heterocycles. The van der Waals surface area contributed by atoms with Gasteiger partial charge in [0.15, 0.2) is 0 Å². The number of nitrogens with zero attached hydrogens (tertiary/aromatic N) is 3. The van der Waals surface area contributed by atoms with Crippen molar-refractivity contribution in [1.29, 1.82) is 0 Å². The first-order valence-corrected chi connectivity index (χ1v) is 9.67. The van der Waals surface area contributed by atoms with Gasteiger partial charge in [0, 0.05) is 39.4 Å². The zero-order valence-corrected chi connectivity index (χ0v) is 16.6. The fourth-order valence-corrected chi connectivity index (χ4v) is 3.54.